The van der Waals surface area contributed by atoms with Gasteiger partial charge in [-0.2, -0.15) is 0 Å². The Morgan fingerprint density at radius 1 is 1.12 bits per heavy atom. The van der Waals surface area contributed by atoms with Crippen molar-refractivity contribution in [3.63, 3.8) is 0 Å². The summed E-state index contributed by atoms with van der Waals surface area (Å²) in [6, 6.07) is 6.39. The molecule has 0 saturated heterocycles. The zero-order valence-corrected chi connectivity index (χ0v) is 14.9. The van der Waals surface area contributed by atoms with Crippen LogP contribution in [0.4, 0.5) is 0 Å². The van der Waals surface area contributed by atoms with E-state index in [4.69, 9.17) is 0 Å². The maximum atomic E-state index is 12.7. The number of benzene rings is 1. The lowest BCUT2D eigenvalue weighted by Crippen LogP contribution is -2.38. The molecule has 8 heteroatoms. The SMILES string of the molecule is C[C@@H](C(=O)c1ccc(Br)cc1)n1cnc2c1c(=O)n(C)c(=O)n2C. The molecule has 7 nitrogen and oxygen atoms in total. The third-order valence-corrected chi connectivity index (χ3v) is 4.63. The number of hydrogen-bond acceptors (Lipinski definition) is 4. The molecule has 0 fully saturated rings. The average molecular weight is 391 g/mol. The Bertz CT molecular complexity index is 1060. The van der Waals surface area contributed by atoms with Gasteiger partial charge in [0.25, 0.3) is 5.56 Å². The molecule has 2 heterocycles. The van der Waals surface area contributed by atoms with Gasteiger partial charge in [0.2, 0.25) is 0 Å². The Hall–Kier alpha value is -2.48. The molecule has 24 heavy (non-hydrogen) atoms. The third kappa shape index (κ3) is 2.43. The van der Waals surface area contributed by atoms with Crippen molar-refractivity contribution in [2.24, 2.45) is 14.1 Å². The van der Waals surface area contributed by atoms with E-state index in [9.17, 15) is 14.4 Å². The number of Topliss-reactive ketones (excluding diaryl/α,β-unsaturated/α-hetero) is 1. The molecule has 124 valence electrons. The van der Waals surface area contributed by atoms with Gasteiger partial charge in [-0.15, -0.1) is 0 Å². The van der Waals surface area contributed by atoms with E-state index in [2.05, 4.69) is 20.9 Å². The lowest BCUT2D eigenvalue weighted by atomic mass is 10.1. The molecule has 3 aromatic rings. The van der Waals surface area contributed by atoms with E-state index < -0.39 is 17.3 Å². The summed E-state index contributed by atoms with van der Waals surface area (Å²) < 4.78 is 4.70. The van der Waals surface area contributed by atoms with Crippen molar-refractivity contribution in [1.29, 1.82) is 0 Å². The molecule has 0 N–H and O–H groups in total. The summed E-state index contributed by atoms with van der Waals surface area (Å²) >= 11 is 3.33. The van der Waals surface area contributed by atoms with Crippen LogP contribution in [0.3, 0.4) is 0 Å². The molecule has 0 amide bonds. The fourth-order valence-corrected chi connectivity index (χ4v) is 2.90. The van der Waals surface area contributed by atoms with Gasteiger partial charge in [-0.25, -0.2) is 9.78 Å². The van der Waals surface area contributed by atoms with Crippen molar-refractivity contribution < 1.29 is 4.79 Å². The Kier molecular flexibility index (Phi) is 4.00. The van der Waals surface area contributed by atoms with E-state index in [0.717, 1.165) is 9.04 Å². The molecule has 0 aliphatic carbocycles. The highest BCUT2D eigenvalue weighted by Crippen LogP contribution is 2.19. The minimum atomic E-state index is -0.624. The van der Waals surface area contributed by atoms with Gasteiger partial charge in [-0.3, -0.25) is 18.7 Å². The molecule has 0 aliphatic rings. The highest BCUT2D eigenvalue weighted by atomic mass is 79.9. The quantitative estimate of drug-likeness (QED) is 0.636. The number of carbonyl (C=O) groups excluding carboxylic acids is 1. The maximum absolute atomic E-state index is 12.7. The lowest BCUT2D eigenvalue weighted by molar-refractivity contribution is 0.0936. The number of halogens is 1. The second kappa shape index (κ2) is 5.86. The number of rotatable bonds is 3. The van der Waals surface area contributed by atoms with Crippen LogP contribution in [0, 0.1) is 0 Å². The van der Waals surface area contributed by atoms with E-state index in [1.807, 2.05) is 0 Å². The van der Waals surface area contributed by atoms with E-state index >= 15 is 0 Å². The van der Waals surface area contributed by atoms with E-state index in [0.29, 0.717) is 5.56 Å². The summed E-state index contributed by atoms with van der Waals surface area (Å²) in [7, 11) is 2.95. The van der Waals surface area contributed by atoms with Crippen LogP contribution in [0.2, 0.25) is 0 Å². The second-order valence-corrected chi connectivity index (χ2v) is 6.49. The first-order chi connectivity index (χ1) is 11.3. The van der Waals surface area contributed by atoms with Crippen LogP contribution in [0.15, 0.2) is 44.7 Å². The van der Waals surface area contributed by atoms with Crippen LogP contribution < -0.4 is 11.2 Å². The van der Waals surface area contributed by atoms with Gasteiger partial charge in [0.1, 0.15) is 0 Å². The Morgan fingerprint density at radius 3 is 2.38 bits per heavy atom. The highest BCUT2D eigenvalue weighted by Gasteiger charge is 2.22. The Morgan fingerprint density at radius 2 is 1.75 bits per heavy atom. The Labute approximate surface area is 145 Å². The van der Waals surface area contributed by atoms with Crippen LogP contribution in [-0.2, 0) is 14.1 Å². The van der Waals surface area contributed by atoms with Crippen LogP contribution in [0.25, 0.3) is 11.2 Å². The molecule has 1 atom stereocenters. The molecule has 2 aromatic heterocycles. The van der Waals surface area contributed by atoms with E-state index in [-0.39, 0.29) is 16.9 Å². The smallest absolute Gasteiger partial charge is 0.314 e. The van der Waals surface area contributed by atoms with Crippen molar-refractivity contribution in [3.05, 3.63) is 61.5 Å². The summed E-state index contributed by atoms with van der Waals surface area (Å²) in [5, 5.41) is 0. The Balaban J connectivity index is 2.16. The molecule has 0 aliphatic heterocycles. The van der Waals surface area contributed by atoms with E-state index in [1.54, 1.807) is 38.2 Å². The molecular formula is C16H15BrN4O3. The van der Waals surface area contributed by atoms with Crippen molar-refractivity contribution in [2.45, 2.75) is 13.0 Å². The third-order valence-electron chi connectivity index (χ3n) is 4.10. The topological polar surface area (TPSA) is 78.9 Å². The molecule has 0 unspecified atom stereocenters. The molecule has 3 rings (SSSR count). The fraction of sp³-hybridized carbons (Fsp3) is 0.250. The summed E-state index contributed by atoms with van der Waals surface area (Å²) in [4.78, 5) is 41.3. The summed E-state index contributed by atoms with van der Waals surface area (Å²) in [6.07, 6.45) is 1.42. The normalized spacial score (nSPS) is 12.5. The van der Waals surface area contributed by atoms with Crippen LogP contribution in [-0.4, -0.2) is 24.5 Å². The monoisotopic (exact) mass is 390 g/mol. The predicted octanol–water partition coefficient (Wildman–Crippen LogP) is 1.64. The van der Waals surface area contributed by atoms with Gasteiger partial charge in [0.05, 0.1) is 12.4 Å². The molecule has 0 spiro atoms. The summed E-state index contributed by atoms with van der Waals surface area (Å²) in [5.41, 5.74) is 0.107. The molecule has 0 saturated carbocycles. The number of fused-ring (bicyclic) bond motifs is 1. The largest absolute Gasteiger partial charge is 0.332 e. The van der Waals surface area contributed by atoms with Gasteiger partial charge in [-0.1, -0.05) is 28.1 Å². The number of ketones is 1. The summed E-state index contributed by atoms with van der Waals surface area (Å²) in [5.74, 6) is -0.141. The van der Waals surface area contributed by atoms with Crippen molar-refractivity contribution in [1.82, 2.24) is 18.7 Å². The number of aryl methyl sites for hydroxylation is 1. The molecule has 0 radical (unpaired) electrons. The predicted molar refractivity (Wildman–Crippen MR) is 93.4 cm³/mol. The molecule has 0 bridgehead atoms. The van der Waals surface area contributed by atoms with Crippen LogP contribution in [0.5, 0.6) is 0 Å². The minimum Gasteiger partial charge on any atom is -0.314 e. The lowest BCUT2D eigenvalue weighted by Gasteiger charge is -2.14. The average Bonchev–Trinajstić information content (AvgIpc) is 3.02. The fourth-order valence-electron chi connectivity index (χ4n) is 2.64. The number of hydrogen-bond donors (Lipinski definition) is 0. The summed E-state index contributed by atoms with van der Waals surface area (Å²) in [6.45, 7) is 1.70. The van der Waals surface area contributed by atoms with E-state index in [1.165, 1.54) is 22.5 Å². The minimum absolute atomic E-state index is 0.141. The molecular weight excluding hydrogens is 376 g/mol. The molecule has 1 aromatic carbocycles. The first kappa shape index (κ1) is 16.4. The number of carbonyl (C=O) groups is 1. The zero-order chi connectivity index (χ0) is 17.6. The number of aromatic nitrogens is 4. The highest BCUT2D eigenvalue weighted by molar-refractivity contribution is 9.10. The zero-order valence-electron chi connectivity index (χ0n) is 13.4. The standard InChI is InChI=1S/C16H15BrN4O3/c1-9(13(22)10-4-6-11(17)7-5-10)21-8-18-14-12(21)15(23)20(3)16(24)19(14)2/h4-9H,1-3H3/t9-/m0/s1. The van der Waals surface area contributed by atoms with Crippen molar-refractivity contribution in [2.75, 3.05) is 0 Å². The van der Waals surface area contributed by atoms with Crippen LogP contribution in [0.1, 0.15) is 23.3 Å². The van der Waals surface area contributed by atoms with Gasteiger partial charge >= 0.3 is 5.69 Å². The second-order valence-electron chi connectivity index (χ2n) is 5.58. The number of imidazole rings is 1. The van der Waals surface area contributed by atoms with Gasteiger partial charge in [-0.05, 0) is 19.1 Å². The van der Waals surface area contributed by atoms with Gasteiger partial charge in [0, 0.05) is 24.1 Å². The first-order valence-corrected chi connectivity index (χ1v) is 8.04. The van der Waals surface area contributed by atoms with Crippen molar-refractivity contribution >= 4 is 32.9 Å². The van der Waals surface area contributed by atoms with Gasteiger partial charge in [0.15, 0.2) is 16.9 Å². The maximum Gasteiger partial charge on any atom is 0.332 e. The van der Waals surface area contributed by atoms with Crippen LogP contribution >= 0.6 is 15.9 Å². The van der Waals surface area contributed by atoms with Crippen molar-refractivity contribution in [3.8, 4) is 0 Å². The van der Waals surface area contributed by atoms with Gasteiger partial charge < -0.3 is 4.57 Å². The first-order valence-electron chi connectivity index (χ1n) is 7.25. The number of nitrogens with zero attached hydrogens (tertiary/aromatic N) is 4.